The van der Waals surface area contributed by atoms with Gasteiger partial charge in [0.25, 0.3) is 0 Å². The lowest BCUT2D eigenvalue weighted by Crippen LogP contribution is -2.42. The van der Waals surface area contributed by atoms with Gasteiger partial charge in [0.2, 0.25) is 44.3 Å². The number of aromatic carboxylic acids is 4. The average molecular weight is 1470 g/mol. The molecule has 532 valence electrons. The number of hydrogen-bond acceptors (Lipinski definition) is 24. The second kappa shape index (κ2) is 35.7. The molecule has 4 aliphatic rings. The third-order valence-corrected chi connectivity index (χ3v) is 20.6. The lowest BCUT2D eigenvalue weighted by molar-refractivity contribution is -0.131. The van der Waals surface area contributed by atoms with Gasteiger partial charge in [-0.25, -0.2) is 19.2 Å². The summed E-state index contributed by atoms with van der Waals surface area (Å²) in [5.74, 6) is -1.42. The molecule has 0 spiro atoms. The summed E-state index contributed by atoms with van der Waals surface area (Å²) < 4.78 is 6.00. The van der Waals surface area contributed by atoms with E-state index in [0.717, 1.165) is 76.9 Å². The highest BCUT2D eigenvalue weighted by molar-refractivity contribution is 8.00. The van der Waals surface area contributed by atoms with Gasteiger partial charge in [-0.15, -0.1) is 20.4 Å². The van der Waals surface area contributed by atoms with Gasteiger partial charge in [-0.1, -0.05) is 79.1 Å². The van der Waals surface area contributed by atoms with Crippen LogP contribution < -0.4 is 4.90 Å². The normalized spacial score (nSPS) is 15.7. The van der Waals surface area contributed by atoms with Gasteiger partial charge in [0.05, 0.1) is 68.0 Å². The number of anilines is 1. The predicted octanol–water partition coefficient (Wildman–Crippen LogP) is 7.32. The molecule has 4 aromatic heterocycles. The third-order valence-electron chi connectivity index (χ3n) is 17.0. The number of thioether (sulfide) groups is 4. The lowest BCUT2D eigenvalue weighted by Gasteiger charge is -2.33. The molecular weight excluding hydrogens is 1390 g/mol. The van der Waals surface area contributed by atoms with Crippen LogP contribution in [0.3, 0.4) is 0 Å². The molecule has 3 fully saturated rings. The van der Waals surface area contributed by atoms with Crippen LogP contribution in [0.2, 0.25) is 0 Å². The fourth-order valence-electron chi connectivity index (χ4n) is 11.3. The molecule has 9 aromatic rings. The predicted molar refractivity (Wildman–Crippen MR) is 375 cm³/mol. The van der Waals surface area contributed by atoms with Crippen LogP contribution >= 0.6 is 47.0 Å². The summed E-state index contributed by atoms with van der Waals surface area (Å²) in [7, 11) is 0. The minimum absolute atomic E-state index is 0.000671. The first-order valence-corrected chi connectivity index (χ1v) is 36.5. The zero-order valence-electron chi connectivity index (χ0n) is 55.6. The minimum Gasteiger partial charge on any atom is -0.478 e. The molecule has 36 heteroatoms. The van der Waals surface area contributed by atoms with Crippen LogP contribution in [0.1, 0.15) is 113 Å². The van der Waals surface area contributed by atoms with Crippen LogP contribution in [0.4, 0.5) is 5.69 Å². The van der Waals surface area contributed by atoms with Crippen LogP contribution in [0, 0.1) is 11.8 Å². The summed E-state index contributed by atoms with van der Waals surface area (Å²) in [5, 5.41) is 84.0. The quantitative estimate of drug-likeness (QED) is 0.0543. The van der Waals surface area contributed by atoms with E-state index >= 15 is 0 Å². The van der Waals surface area contributed by atoms with Crippen molar-refractivity contribution in [3.8, 4) is 22.7 Å². The van der Waals surface area contributed by atoms with Gasteiger partial charge in [-0.3, -0.25) is 19.2 Å². The highest BCUT2D eigenvalue weighted by Crippen LogP contribution is 2.30. The van der Waals surface area contributed by atoms with E-state index in [1.807, 2.05) is 39.0 Å². The molecule has 0 saturated carbocycles. The van der Waals surface area contributed by atoms with Crippen molar-refractivity contribution in [3.63, 3.8) is 0 Å². The fraction of sp³-hybridized carbons (Fsp3) is 0.364. The van der Waals surface area contributed by atoms with Gasteiger partial charge in [0.15, 0.2) is 0 Å². The number of carboxylic acids is 4. The van der Waals surface area contributed by atoms with E-state index in [1.165, 1.54) is 133 Å². The molecule has 0 bridgehead atoms. The molecule has 4 amide bonds. The topological polar surface area (TPSA) is 405 Å². The minimum atomic E-state index is -0.996. The smallest absolute Gasteiger partial charge is 0.335 e. The number of fused-ring (bicyclic) bond motifs is 1. The molecular formula is C66H72N20O12S4. The van der Waals surface area contributed by atoms with Crippen LogP contribution in [-0.4, -0.2) is 232 Å². The Bertz CT molecular complexity index is 4380. The zero-order valence-corrected chi connectivity index (χ0v) is 58.9. The summed E-state index contributed by atoms with van der Waals surface area (Å²) >= 11 is 5.09. The first-order chi connectivity index (χ1) is 49.3. The number of carboxylic acid groups (broad SMARTS) is 4. The van der Waals surface area contributed by atoms with E-state index in [1.54, 1.807) is 53.4 Å². The molecule has 0 radical (unpaired) electrons. The second-order valence-corrected chi connectivity index (χ2v) is 27.8. The molecule has 102 heavy (non-hydrogen) atoms. The Labute approximate surface area is 600 Å². The fourth-order valence-corrected chi connectivity index (χ4v) is 14.4. The van der Waals surface area contributed by atoms with E-state index in [0.29, 0.717) is 61.8 Å². The number of piperidine rings is 3. The Morgan fingerprint density at radius 3 is 1.17 bits per heavy atom. The number of tetrazole rings is 4. The van der Waals surface area contributed by atoms with Crippen molar-refractivity contribution in [3.05, 3.63) is 149 Å². The standard InChI is InChI=1S/C18H15N5O3S.3C16H19N5O3S/c24-16(22-10-9-12-3-1-2-4-15(12)22)11-27-18-19-20-21-23(18)14-7-5-13(6-8-14)17(25)26;1-11-6-8-20(9-7-11)14(22)10-25-16-17-18-19-21(16)13-4-2-12(3-5-13)15(23)24;1-11-3-2-8-20(9-11)14(22)10-25-16-17-18-19-21(16)13-6-4-12(5-7-13)15(23)24;1-11-4-2-3-9-20(11)14(22)10-25-16-17-18-19-21(16)13-7-5-12(6-8-13)15(23)24/h1-8H,9-11H2,(H,25,26);2-5,11H,6-10H2,1H3,(H,23,24);4-7,11H,2-3,8-10H2,1H3,(H,23,24);5-8,11H,2-4,9-10H2,1H3,(H,23,24). The maximum Gasteiger partial charge on any atom is 0.335 e. The largest absolute Gasteiger partial charge is 0.478 e. The number of para-hydroxylation sites is 1. The van der Waals surface area contributed by atoms with Crippen molar-refractivity contribution >= 4 is 100 Å². The van der Waals surface area contributed by atoms with Gasteiger partial charge in [-0.2, -0.15) is 18.7 Å². The molecule has 13 rings (SSSR count). The van der Waals surface area contributed by atoms with Crippen molar-refractivity contribution in [2.24, 2.45) is 11.8 Å². The Balaban J connectivity index is 0.000000147. The average Bonchev–Trinajstić information content (AvgIpc) is 1.68. The number of carbonyl (C=O) groups is 8. The van der Waals surface area contributed by atoms with E-state index < -0.39 is 23.9 Å². The summed E-state index contributed by atoms with van der Waals surface area (Å²) in [4.78, 5) is 101. The Morgan fingerprint density at radius 2 is 0.775 bits per heavy atom. The number of nitrogens with zero attached hydrogens (tertiary/aromatic N) is 20. The Morgan fingerprint density at radius 1 is 0.392 bits per heavy atom. The third kappa shape index (κ3) is 19.7. The van der Waals surface area contributed by atoms with Crippen LogP contribution in [0.25, 0.3) is 22.7 Å². The van der Waals surface area contributed by atoms with Crippen molar-refractivity contribution in [1.29, 1.82) is 0 Å². The number of carbonyl (C=O) groups excluding carboxylic acids is 4. The second-order valence-electron chi connectivity index (χ2n) is 24.1. The number of hydrogen-bond donors (Lipinski definition) is 4. The van der Waals surface area contributed by atoms with Crippen molar-refractivity contribution < 1.29 is 58.8 Å². The van der Waals surface area contributed by atoms with Crippen molar-refractivity contribution in [2.45, 2.75) is 98.8 Å². The number of benzene rings is 5. The van der Waals surface area contributed by atoms with Gasteiger partial charge in [-0.05, 0) is 221 Å². The first kappa shape index (κ1) is 74.2. The van der Waals surface area contributed by atoms with Crippen LogP contribution in [-0.2, 0) is 25.6 Å². The van der Waals surface area contributed by atoms with Gasteiger partial charge in [0, 0.05) is 51.0 Å². The number of amides is 4. The number of likely N-dealkylation sites (tertiary alicyclic amines) is 3. The highest BCUT2D eigenvalue weighted by atomic mass is 32.2. The Kier molecular flexibility index (Phi) is 26.0. The summed E-state index contributed by atoms with van der Waals surface area (Å²) in [5.41, 5.74) is 5.49. The molecule has 2 unspecified atom stereocenters. The van der Waals surface area contributed by atoms with Crippen LogP contribution in [0.15, 0.2) is 142 Å². The monoisotopic (exact) mass is 1460 g/mol. The van der Waals surface area contributed by atoms with Crippen LogP contribution in [0.5, 0.6) is 0 Å². The molecule has 4 N–H and O–H groups in total. The molecule has 32 nitrogen and oxygen atoms in total. The maximum absolute atomic E-state index is 12.6. The van der Waals surface area contributed by atoms with E-state index in [2.05, 4.69) is 82.9 Å². The summed E-state index contributed by atoms with van der Waals surface area (Å²) in [6.07, 6.45) is 8.43. The van der Waals surface area contributed by atoms with Crippen molar-refractivity contribution in [1.82, 2.24) is 95.5 Å². The first-order valence-electron chi connectivity index (χ1n) is 32.5. The molecule has 3 saturated heterocycles. The summed E-state index contributed by atoms with van der Waals surface area (Å²) in [6, 6.07) is 33.2. The van der Waals surface area contributed by atoms with E-state index in [-0.39, 0.29) is 74.9 Å². The molecule has 2 atom stereocenters. The van der Waals surface area contributed by atoms with Gasteiger partial charge in [0.1, 0.15) is 0 Å². The molecule has 5 aromatic carbocycles. The Hall–Kier alpha value is -10.5. The highest BCUT2D eigenvalue weighted by Gasteiger charge is 2.28. The number of aromatic nitrogens is 16. The van der Waals surface area contributed by atoms with Gasteiger partial charge >= 0.3 is 23.9 Å². The lowest BCUT2D eigenvalue weighted by atomic mass is 9.99. The summed E-state index contributed by atoms with van der Waals surface area (Å²) in [6.45, 7) is 11.2. The van der Waals surface area contributed by atoms with Gasteiger partial charge < -0.3 is 40.0 Å². The molecule has 4 aliphatic heterocycles. The zero-order chi connectivity index (χ0) is 72.2. The number of rotatable bonds is 20. The molecule has 0 aliphatic carbocycles. The maximum atomic E-state index is 12.6. The molecule has 8 heterocycles. The van der Waals surface area contributed by atoms with E-state index in [9.17, 15) is 38.4 Å². The SMILES string of the molecule is CC1CCCCN1C(=O)CSc1nnnn1-c1ccc(C(=O)O)cc1.CC1CCCN(C(=O)CSc2nnnn2-c2ccc(C(=O)O)cc2)C1.CC1CCN(C(=O)CSc2nnnn2-c2ccc(C(=O)O)cc2)CC1.O=C(O)c1ccc(-n2nnnc2SCC(=O)N2CCc3ccccc32)cc1. The van der Waals surface area contributed by atoms with E-state index in [4.69, 9.17) is 20.4 Å². The van der Waals surface area contributed by atoms with Crippen molar-refractivity contribution in [2.75, 3.05) is 67.2 Å².